The molecule has 0 radical (unpaired) electrons. The maximum Gasteiger partial charge on any atom is 0.312 e. The Balaban J connectivity index is 2.49. The topological polar surface area (TPSA) is 35.5 Å². The van der Waals surface area contributed by atoms with Crippen molar-refractivity contribution in [2.45, 2.75) is 51.7 Å². The van der Waals surface area contributed by atoms with E-state index in [4.69, 9.17) is 9.47 Å². The van der Waals surface area contributed by atoms with Gasteiger partial charge in [0.25, 0.3) is 0 Å². The minimum atomic E-state index is -0.255. The summed E-state index contributed by atoms with van der Waals surface area (Å²) in [4.78, 5) is 11.8. The molecule has 1 fully saturated rings. The second-order valence-electron chi connectivity index (χ2n) is 5.37. The second kappa shape index (κ2) is 8.16. The molecule has 19 heavy (non-hydrogen) atoms. The summed E-state index contributed by atoms with van der Waals surface area (Å²) < 4.78 is 11.4. The van der Waals surface area contributed by atoms with Crippen LogP contribution in [0.2, 0.25) is 0 Å². The van der Waals surface area contributed by atoms with Crippen LogP contribution in [0.3, 0.4) is 0 Å². The zero-order valence-corrected chi connectivity index (χ0v) is 12.1. The van der Waals surface area contributed by atoms with Crippen molar-refractivity contribution in [3.05, 3.63) is 25.3 Å². The lowest BCUT2D eigenvalue weighted by molar-refractivity contribution is -0.164. The highest BCUT2D eigenvalue weighted by Gasteiger charge is 2.30. The molecule has 0 aromatic carbocycles. The van der Waals surface area contributed by atoms with E-state index in [0.717, 1.165) is 25.7 Å². The third-order valence-corrected chi connectivity index (χ3v) is 3.61. The van der Waals surface area contributed by atoms with Crippen LogP contribution < -0.4 is 0 Å². The second-order valence-corrected chi connectivity index (χ2v) is 5.37. The Hall–Kier alpha value is -1.09. The molecule has 4 atom stereocenters. The molecular formula is C16H26O3. The van der Waals surface area contributed by atoms with Gasteiger partial charge in [-0.1, -0.05) is 25.5 Å². The fourth-order valence-electron chi connectivity index (χ4n) is 2.08. The van der Waals surface area contributed by atoms with Gasteiger partial charge in [0.15, 0.2) is 0 Å². The van der Waals surface area contributed by atoms with Gasteiger partial charge in [0.05, 0.1) is 18.6 Å². The Morgan fingerprint density at radius 3 is 2.42 bits per heavy atom. The lowest BCUT2D eigenvalue weighted by atomic mass is 9.94. The quantitative estimate of drug-likeness (QED) is 0.522. The number of carbonyl (C=O) groups is 1. The van der Waals surface area contributed by atoms with Crippen molar-refractivity contribution in [1.29, 1.82) is 0 Å². The minimum Gasteiger partial charge on any atom is -0.459 e. The van der Waals surface area contributed by atoms with Crippen LogP contribution in [0.25, 0.3) is 0 Å². The van der Waals surface area contributed by atoms with Crippen molar-refractivity contribution in [2.24, 2.45) is 11.8 Å². The van der Waals surface area contributed by atoms with Crippen LogP contribution in [-0.2, 0) is 14.3 Å². The third-order valence-electron chi connectivity index (χ3n) is 3.61. The first-order chi connectivity index (χ1) is 9.08. The van der Waals surface area contributed by atoms with Gasteiger partial charge in [-0.05, 0) is 32.1 Å². The van der Waals surface area contributed by atoms with Crippen LogP contribution in [0, 0.1) is 11.8 Å². The van der Waals surface area contributed by atoms with Crippen LogP contribution in [-0.4, -0.2) is 24.8 Å². The van der Waals surface area contributed by atoms with E-state index >= 15 is 0 Å². The molecule has 1 aliphatic carbocycles. The summed E-state index contributed by atoms with van der Waals surface area (Å²) in [6.07, 6.45) is 7.49. The van der Waals surface area contributed by atoms with Crippen molar-refractivity contribution >= 4 is 5.97 Å². The van der Waals surface area contributed by atoms with Crippen molar-refractivity contribution in [3.8, 4) is 0 Å². The zero-order valence-electron chi connectivity index (χ0n) is 12.1. The summed E-state index contributed by atoms with van der Waals surface area (Å²) in [5.41, 5.74) is 0. The van der Waals surface area contributed by atoms with Gasteiger partial charge in [0.1, 0.15) is 6.10 Å². The molecule has 4 unspecified atom stereocenters. The molecule has 0 bridgehead atoms. The molecule has 0 heterocycles. The van der Waals surface area contributed by atoms with Gasteiger partial charge in [-0.2, -0.15) is 0 Å². The van der Waals surface area contributed by atoms with Gasteiger partial charge in [-0.3, -0.25) is 4.79 Å². The van der Waals surface area contributed by atoms with E-state index in [1.54, 1.807) is 13.0 Å². The van der Waals surface area contributed by atoms with E-state index in [9.17, 15) is 4.79 Å². The molecule has 0 aromatic heterocycles. The lowest BCUT2D eigenvalue weighted by Crippen LogP contribution is -2.38. The van der Waals surface area contributed by atoms with Crippen molar-refractivity contribution in [1.82, 2.24) is 0 Å². The third kappa shape index (κ3) is 5.19. The smallest absolute Gasteiger partial charge is 0.312 e. The van der Waals surface area contributed by atoms with Crippen LogP contribution in [0.1, 0.15) is 39.5 Å². The monoisotopic (exact) mass is 266 g/mol. The van der Waals surface area contributed by atoms with E-state index in [1.807, 2.05) is 6.08 Å². The molecule has 1 saturated carbocycles. The first-order valence-corrected chi connectivity index (χ1v) is 7.15. The summed E-state index contributed by atoms with van der Waals surface area (Å²) in [6, 6.07) is 0. The van der Waals surface area contributed by atoms with Crippen LogP contribution in [0.4, 0.5) is 0 Å². The van der Waals surface area contributed by atoms with Gasteiger partial charge < -0.3 is 9.47 Å². The highest BCUT2D eigenvalue weighted by molar-refractivity contribution is 5.74. The maximum atomic E-state index is 11.8. The summed E-state index contributed by atoms with van der Waals surface area (Å²) in [5, 5.41) is 0. The fourth-order valence-corrected chi connectivity index (χ4v) is 2.08. The molecule has 0 saturated heterocycles. The normalized spacial score (nSPS) is 26.2. The molecule has 3 heteroatoms. The number of carbonyl (C=O) groups excluding carboxylic acids is 1. The number of esters is 1. The predicted octanol–water partition coefficient (Wildman–Crippen LogP) is 3.50. The van der Waals surface area contributed by atoms with E-state index < -0.39 is 0 Å². The first kappa shape index (κ1) is 16.0. The van der Waals surface area contributed by atoms with E-state index in [0.29, 0.717) is 12.5 Å². The lowest BCUT2D eigenvalue weighted by Gasteiger charge is -2.32. The van der Waals surface area contributed by atoms with Crippen LogP contribution in [0.5, 0.6) is 0 Å². The molecule has 3 nitrogen and oxygen atoms in total. The maximum absolute atomic E-state index is 11.8. The fraction of sp³-hybridized carbons (Fsp3) is 0.688. The number of rotatable bonds is 7. The average Bonchev–Trinajstić information content (AvgIpc) is 2.44. The Morgan fingerprint density at radius 2 is 1.84 bits per heavy atom. The molecule has 0 N–H and O–H groups in total. The van der Waals surface area contributed by atoms with Crippen LogP contribution >= 0.6 is 0 Å². The number of hydrogen-bond donors (Lipinski definition) is 0. The van der Waals surface area contributed by atoms with Crippen LogP contribution in [0.15, 0.2) is 25.3 Å². The standard InChI is InChI=1S/C16H26O3/c1-5-12(3)11-18-14-9-7-8-10-15(14)19-16(17)13(4)6-2/h5-6,12-15H,1-2,7-11H2,3-4H3. The first-order valence-electron chi connectivity index (χ1n) is 7.15. The van der Waals surface area contributed by atoms with Crippen molar-refractivity contribution in [3.63, 3.8) is 0 Å². The summed E-state index contributed by atoms with van der Waals surface area (Å²) in [5.74, 6) is -0.132. The van der Waals surface area contributed by atoms with Gasteiger partial charge in [-0.15, -0.1) is 13.2 Å². The zero-order chi connectivity index (χ0) is 14.3. The highest BCUT2D eigenvalue weighted by atomic mass is 16.6. The van der Waals surface area contributed by atoms with Gasteiger partial charge in [0, 0.05) is 0 Å². The molecule has 0 aromatic rings. The predicted molar refractivity (Wildman–Crippen MR) is 76.8 cm³/mol. The molecular weight excluding hydrogens is 240 g/mol. The molecule has 0 spiro atoms. The Morgan fingerprint density at radius 1 is 1.21 bits per heavy atom. The molecule has 0 aliphatic heterocycles. The Labute approximate surface area is 116 Å². The van der Waals surface area contributed by atoms with Gasteiger partial charge in [-0.25, -0.2) is 0 Å². The van der Waals surface area contributed by atoms with E-state index in [1.165, 1.54) is 0 Å². The molecule has 1 rings (SSSR count). The molecule has 0 amide bonds. The Kier molecular flexibility index (Phi) is 6.85. The van der Waals surface area contributed by atoms with Gasteiger partial charge >= 0.3 is 5.97 Å². The summed E-state index contributed by atoms with van der Waals surface area (Å²) in [6.45, 7) is 11.9. The summed E-state index contributed by atoms with van der Waals surface area (Å²) in [7, 11) is 0. The number of hydrogen-bond acceptors (Lipinski definition) is 3. The van der Waals surface area contributed by atoms with E-state index in [-0.39, 0.29) is 24.1 Å². The Bertz CT molecular complexity index is 311. The SMILES string of the molecule is C=CC(C)COC1CCCCC1OC(=O)C(C)C=C. The average molecular weight is 266 g/mol. The largest absolute Gasteiger partial charge is 0.459 e. The number of ether oxygens (including phenoxy) is 2. The van der Waals surface area contributed by atoms with E-state index in [2.05, 4.69) is 20.1 Å². The van der Waals surface area contributed by atoms with Crippen molar-refractivity contribution in [2.75, 3.05) is 6.61 Å². The van der Waals surface area contributed by atoms with Crippen molar-refractivity contribution < 1.29 is 14.3 Å². The van der Waals surface area contributed by atoms with Gasteiger partial charge in [0.2, 0.25) is 0 Å². The summed E-state index contributed by atoms with van der Waals surface area (Å²) >= 11 is 0. The highest BCUT2D eigenvalue weighted by Crippen LogP contribution is 2.25. The molecule has 108 valence electrons. The molecule has 1 aliphatic rings. The minimum absolute atomic E-state index is 0.0251.